The zero-order valence-corrected chi connectivity index (χ0v) is 10.8. The summed E-state index contributed by atoms with van der Waals surface area (Å²) in [6, 6.07) is 13.3. The fourth-order valence-electron chi connectivity index (χ4n) is 2.09. The van der Waals surface area contributed by atoms with E-state index in [1.54, 1.807) is 18.3 Å². The van der Waals surface area contributed by atoms with Gasteiger partial charge in [-0.05, 0) is 35.9 Å². The maximum atomic E-state index is 11.1. The van der Waals surface area contributed by atoms with Crippen molar-refractivity contribution in [1.29, 1.82) is 0 Å². The highest BCUT2D eigenvalue weighted by Crippen LogP contribution is 2.17. The largest absolute Gasteiger partial charge is 0.381 e. The third-order valence-electron chi connectivity index (χ3n) is 3.15. The third kappa shape index (κ3) is 2.47. The molecule has 3 rings (SSSR count). The van der Waals surface area contributed by atoms with E-state index in [2.05, 4.69) is 15.5 Å². The van der Waals surface area contributed by atoms with Crippen LogP contribution in [0.25, 0.3) is 10.9 Å². The van der Waals surface area contributed by atoms with Gasteiger partial charge in [-0.3, -0.25) is 9.89 Å². The van der Waals surface area contributed by atoms with E-state index < -0.39 is 5.91 Å². The second-order valence-corrected chi connectivity index (χ2v) is 4.59. The average molecular weight is 266 g/mol. The Morgan fingerprint density at radius 3 is 3.00 bits per heavy atom. The van der Waals surface area contributed by atoms with Crippen molar-refractivity contribution in [3.05, 3.63) is 59.8 Å². The van der Waals surface area contributed by atoms with Gasteiger partial charge >= 0.3 is 0 Å². The number of nitrogens with zero attached hydrogens (tertiary/aromatic N) is 1. The molecule has 1 heterocycles. The molecule has 5 heteroatoms. The lowest BCUT2D eigenvalue weighted by Crippen LogP contribution is -2.11. The first-order chi connectivity index (χ1) is 9.72. The van der Waals surface area contributed by atoms with Crippen molar-refractivity contribution in [3.8, 4) is 0 Å². The molecule has 0 saturated carbocycles. The molecule has 0 aliphatic carbocycles. The van der Waals surface area contributed by atoms with Gasteiger partial charge in [-0.1, -0.05) is 12.1 Å². The van der Waals surface area contributed by atoms with Crippen molar-refractivity contribution in [1.82, 2.24) is 10.2 Å². The van der Waals surface area contributed by atoms with Crippen molar-refractivity contribution in [2.45, 2.75) is 6.54 Å². The molecule has 0 spiro atoms. The molecule has 0 aliphatic rings. The Labute approximate surface area is 115 Å². The molecule has 0 aliphatic heterocycles. The van der Waals surface area contributed by atoms with Gasteiger partial charge in [0, 0.05) is 23.2 Å². The van der Waals surface area contributed by atoms with E-state index in [4.69, 9.17) is 5.73 Å². The molecule has 4 N–H and O–H groups in total. The minimum atomic E-state index is -0.411. The van der Waals surface area contributed by atoms with Crippen LogP contribution in [0.3, 0.4) is 0 Å². The van der Waals surface area contributed by atoms with E-state index >= 15 is 0 Å². The van der Waals surface area contributed by atoms with Crippen LogP contribution in [-0.4, -0.2) is 16.1 Å². The Bertz CT molecular complexity index is 763. The normalized spacial score (nSPS) is 10.6. The van der Waals surface area contributed by atoms with Gasteiger partial charge in [0.1, 0.15) is 0 Å². The van der Waals surface area contributed by atoms with Gasteiger partial charge in [0.2, 0.25) is 5.91 Å². The van der Waals surface area contributed by atoms with E-state index in [0.717, 1.165) is 22.2 Å². The van der Waals surface area contributed by atoms with Crippen molar-refractivity contribution < 1.29 is 4.79 Å². The number of carbonyl (C=O) groups is 1. The van der Waals surface area contributed by atoms with E-state index in [1.807, 2.05) is 30.3 Å². The highest BCUT2D eigenvalue weighted by molar-refractivity contribution is 5.92. The number of primary amides is 1. The molecular formula is C15H14N4O. The van der Waals surface area contributed by atoms with E-state index in [1.165, 1.54) is 0 Å². The third-order valence-corrected chi connectivity index (χ3v) is 3.15. The molecule has 5 nitrogen and oxygen atoms in total. The number of aromatic nitrogens is 2. The van der Waals surface area contributed by atoms with Crippen LogP contribution >= 0.6 is 0 Å². The molecule has 100 valence electrons. The van der Waals surface area contributed by atoms with Crippen molar-refractivity contribution >= 4 is 22.5 Å². The zero-order valence-electron chi connectivity index (χ0n) is 10.8. The second-order valence-electron chi connectivity index (χ2n) is 4.59. The highest BCUT2D eigenvalue weighted by Gasteiger charge is 2.02. The minimum absolute atomic E-state index is 0.411. The van der Waals surface area contributed by atoms with Crippen LogP contribution in [0.15, 0.2) is 48.7 Å². The number of benzene rings is 2. The molecule has 0 radical (unpaired) electrons. The maximum Gasteiger partial charge on any atom is 0.248 e. The predicted octanol–water partition coefficient (Wildman–Crippen LogP) is 2.27. The van der Waals surface area contributed by atoms with Gasteiger partial charge in [-0.2, -0.15) is 5.10 Å². The van der Waals surface area contributed by atoms with Gasteiger partial charge in [0.05, 0.1) is 11.7 Å². The van der Waals surface area contributed by atoms with E-state index in [-0.39, 0.29) is 0 Å². The van der Waals surface area contributed by atoms with Crippen molar-refractivity contribution in [2.24, 2.45) is 5.73 Å². The van der Waals surface area contributed by atoms with Crippen LogP contribution in [0.2, 0.25) is 0 Å². The standard InChI is InChI=1S/C15H14N4O/c16-15(20)11-3-1-2-10(6-11)8-17-13-5-4-12-9-18-19-14(12)7-13/h1-7,9,17H,8H2,(H2,16,20)(H,18,19). The Balaban J connectivity index is 1.75. The summed E-state index contributed by atoms with van der Waals surface area (Å²) in [7, 11) is 0. The lowest BCUT2D eigenvalue weighted by Gasteiger charge is -2.07. The molecule has 20 heavy (non-hydrogen) atoms. The smallest absolute Gasteiger partial charge is 0.248 e. The van der Waals surface area contributed by atoms with Crippen molar-refractivity contribution in [2.75, 3.05) is 5.32 Å². The fourth-order valence-corrected chi connectivity index (χ4v) is 2.09. The van der Waals surface area contributed by atoms with Crippen LogP contribution in [0.1, 0.15) is 15.9 Å². The topological polar surface area (TPSA) is 83.8 Å². The van der Waals surface area contributed by atoms with E-state index in [9.17, 15) is 4.79 Å². The first-order valence-corrected chi connectivity index (χ1v) is 6.28. The number of anilines is 1. The van der Waals surface area contributed by atoms with Gasteiger partial charge in [-0.15, -0.1) is 0 Å². The van der Waals surface area contributed by atoms with Gasteiger partial charge in [0.25, 0.3) is 0 Å². The van der Waals surface area contributed by atoms with Crippen molar-refractivity contribution in [3.63, 3.8) is 0 Å². The second kappa shape index (κ2) is 5.05. The Hall–Kier alpha value is -2.82. The number of H-pyrrole nitrogens is 1. The maximum absolute atomic E-state index is 11.1. The summed E-state index contributed by atoms with van der Waals surface area (Å²) < 4.78 is 0. The van der Waals surface area contributed by atoms with Crippen LogP contribution in [0, 0.1) is 0 Å². The van der Waals surface area contributed by atoms with Gasteiger partial charge < -0.3 is 11.1 Å². The Morgan fingerprint density at radius 2 is 2.15 bits per heavy atom. The Morgan fingerprint density at radius 1 is 1.25 bits per heavy atom. The lowest BCUT2D eigenvalue weighted by molar-refractivity contribution is 0.1000. The molecule has 0 fully saturated rings. The van der Waals surface area contributed by atoms with Crippen LogP contribution in [-0.2, 0) is 6.54 Å². The molecule has 1 amide bonds. The summed E-state index contributed by atoms with van der Waals surface area (Å²) in [5.74, 6) is -0.411. The van der Waals surface area contributed by atoms with Crippen LogP contribution in [0.5, 0.6) is 0 Å². The highest BCUT2D eigenvalue weighted by atomic mass is 16.1. The number of fused-ring (bicyclic) bond motifs is 1. The number of nitrogens with one attached hydrogen (secondary N) is 2. The van der Waals surface area contributed by atoms with Gasteiger partial charge in [-0.25, -0.2) is 0 Å². The molecule has 0 bridgehead atoms. The Kier molecular flexibility index (Phi) is 3.09. The summed E-state index contributed by atoms with van der Waals surface area (Å²) in [5.41, 5.74) is 8.78. The SMILES string of the molecule is NC(=O)c1cccc(CNc2ccc3cn[nH]c3c2)c1. The number of carbonyl (C=O) groups excluding carboxylic acids is 1. The van der Waals surface area contributed by atoms with Crippen LogP contribution < -0.4 is 11.1 Å². The molecule has 1 aromatic heterocycles. The number of nitrogens with two attached hydrogens (primary N) is 1. The minimum Gasteiger partial charge on any atom is -0.381 e. The number of aromatic amines is 1. The number of hydrogen-bond acceptors (Lipinski definition) is 3. The average Bonchev–Trinajstić information content (AvgIpc) is 2.93. The number of amides is 1. The van der Waals surface area contributed by atoms with Crippen LogP contribution in [0.4, 0.5) is 5.69 Å². The summed E-state index contributed by atoms with van der Waals surface area (Å²) in [5, 5.41) is 11.3. The molecule has 2 aromatic carbocycles. The summed E-state index contributed by atoms with van der Waals surface area (Å²) in [4.78, 5) is 11.1. The molecule has 0 saturated heterocycles. The quantitative estimate of drug-likeness (QED) is 0.677. The van der Waals surface area contributed by atoms with Gasteiger partial charge in [0.15, 0.2) is 0 Å². The first-order valence-electron chi connectivity index (χ1n) is 6.28. The summed E-state index contributed by atoms with van der Waals surface area (Å²) in [6.07, 6.45) is 1.79. The summed E-state index contributed by atoms with van der Waals surface area (Å²) in [6.45, 7) is 0.626. The first kappa shape index (κ1) is 12.2. The fraction of sp³-hybridized carbons (Fsp3) is 0.0667. The number of rotatable bonds is 4. The molecular weight excluding hydrogens is 252 g/mol. The predicted molar refractivity (Wildman–Crippen MR) is 78.4 cm³/mol. The molecule has 3 aromatic rings. The summed E-state index contributed by atoms with van der Waals surface area (Å²) >= 11 is 0. The van der Waals surface area contributed by atoms with E-state index in [0.29, 0.717) is 12.1 Å². The molecule has 0 unspecified atom stereocenters. The lowest BCUT2D eigenvalue weighted by atomic mass is 10.1. The zero-order chi connectivity index (χ0) is 13.9. The molecule has 0 atom stereocenters. The number of hydrogen-bond donors (Lipinski definition) is 3. The monoisotopic (exact) mass is 266 g/mol.